The highest BCUT2D eigenvalue weighted by atomic mass is 16.5. The van der Waals surface area contributed by atoms with Crippen LogP contribution in [-0.4, -0.2) is 33.2 Å². The Morgan fingerprint density at radius 2 is 1.68 bits per heavy atom. The molecule has 22 heavy (non-hydrogen) atoms. The molecule has 6 nitrogen and oxygen atoms in total. The molecule has 0 saturated heterocycles. The van der Waals surface area contributed by atoms with Gasteiger partial charge in [0, 0.05) is 18.6 Å². The molecule has 0 atom stereocenters. The Morgan fingerprint density at radius 3 is 2.23 bits per heavy atom. The van der Waals surface area contributed by atoms with Gasteiger partial charge in [-0.15, -0.1) is 0 Å². The van der Waals surface area contributed by atoms with Gasteiger partial charge in [-0.25, -0.2) is 4.79 Å². The number of amides is 1. The lowest BCUT2D eigenvalue weighted by molar-refractivity contribution is -0.116. The zero-order valence-corrected chi connectivity index (χ0v) is 13.5. The summed E-state index contributed by atoms with van der Waals surface area (Å²) in [5, 5.41) is 2.74. The van der Waals surface area contributed by atoms with Gasteiger partial charge in [0.25, 0.3) is 0 Å². The van der Waals surface area contributed by atoms with Gasteiger partial charge in [-0.05, 0) is 6.42 Å². The standard InChI is InChI=1S/C16H23NO5/c1-5-6-7-8-15(18)17-12-10-14(21-3)13(20-2)9-11(12)16(19)22-4/h9-10H,5-8H2,1-4H3,(H,17,18). The monoisotopic (exact) mass is 309 g/mol. The lowest BCUT2D eigenvalue weighted by Gasteiger charge is -2.14. The molecule has 0 radical (unpaired) electrons. The molecule has 6 heteroatoms. The van der Waals surface area contributed by atoms with Gasteiger partial charge in [0.1, 0.15) is 0 Å². The molecule has 122 valence electrons. The van der Waals surface area contributed by atoms with E-state index in [1.54, 1.807) is 6.07 Å². The van der Waals surface area contributed by atoms with E-state index in [4.69, 9.17) is 14.2 Å². The number of anilines is 1. The fraction of sp³-hybridized carbons (Fsp3) is 0.500. The molecule has 1 aromatic carbocycles. The summed E-state index contributed by atoms with van der Waals surface area (Å²) in [5.41, 5.74) is 0.579. The van der Waals surface area contributed by atoms with Crippen molar-refractivity contribution in [2.45, 2.75) is 32.6 Å². The molecule has 0 aliphatic rings. The first-order valence-electron chi connectivity index (χ1n) is 7.21. The van der Waals surface area contributed by atoms with Crippen LogP contribution >= 0.6 is 0 Å². The largest absolute Gasteiger partial charge is 0.493 e. The summed E-state index contributed by atoms with van der Waals surface area (Å²) in [6.45, 7) is 2.07. The molecule has 1 N–H and O–H groups in total. The van der Waals surface area contributed by atoms with E-state index < -0.39 is 5.97 Å². The number of nitrogens with one attached hydrogen (secondary N) is 1. The van der Waals surface area contributed by atoms with Gasteiger partial charge in [-0.2, -0.15) is 0 Å². The third-order valence-electron chi connectivity index (χ3n) is 3.21. The SMILES string of the molecule is CCCCCC(=O)Nc1cc(OC)c(OC)cc1C(=O)OC. The summed E-state index contributed by atoms with van der Waals surface area (Å²) in [6, 6.07) is 3.05. The lowest BCUT2D eigenvalue weighted by atomic mass is 10.1. The Bertz CT molecular complexity index is 528. The van der Waals surface area contributed by atoms with Crippen molar-refractivity contribution < 1.29 is 23.8 Å². The predicted octanol–water partition coefficient (Wildman–Crippen LogP) is 3.01. The van der Waals surface area contributed by atoms with Crippen molar-refractivity contribution in [2.24, 2.45) is 0 Å². The first-order chi connectivity index (χ1) is 10.6. The molecule has 0 heterocycles. The number of carbonyl (C=O) groups excluding carboxylic acids is 2. The summed E-state index contributed by atoms with van der Waals surface area (Å²) < 4.78 is 15.1. The Balaban J connectivity index is 3.04. The van der Waals surface area contributed by atoms with Crippen LogP contribution in [0.2, 0.25) is 0 Å². The van der Waals surface area contributed by atoms with E-state index in [-0.39, 0.29) is 11.5 Å². The highest BCUT2D eigenvalue weighted by molar-refractivity contribution is 6.02. The van der Waals surface area contributed by atoms with Crippen LogP contribution in [0.3, 0.4) is 0 Å². The molecule has 0 unspecified atom stereocenters. The van der Waals surface area contributed by atoms with E-state index in [2.05, 4.69) is 12.2 Å². The number of unbranched alkanes of at least 4 members (excludes halogenated alkanes) is 2. The van der Waals surface area contributed by atoms with Crippen molar-refractivity contribution in [3.63, 3.8) is 0 Å². The summed E-state index contributed by atoms with van der Waals surface area (Å²) in [4.78, 5) is 23.8. The fourth-order valence-electron chi connectivity index (χ4n) is 2.01. The van der Waals surface area contributed by atoms with Gasteiger partial charge < -0.3 is 19.5 Å². The van der Waals surface area contributed by atoms with Crippen molar-refractivity contribution >= 4 is 17.6 Å². The Morgan fingerprint density at radius 1 is 1.05 bits per heavy atom. The van der Waals surface area contributed by atoms with Crippen LogP contribution in [0.1, 0.15) is 43.0 Å². The van der Waals surface area contributed by atoms with Crippen LogP contribution in [-0.2, 0) is 9.53 Å². The minimum absolute atomic E-state index is 0.147. The molecule has 1 aromatic rings. The van der Waals surface area contributed by atoms with Crippen molar-refractivity contribution in [3.05, 3.63) is 17.7 Å². The van der Waals surface area contributed by atoms with Crippen molar-refractivity contribution in [1.29, 1.82) is 0 Å². The first kappa shape index (κ1) is 17.8. The van der Waals surface area contributed by atoms with Gasteiger partial charge >= 0.3 is 5.97 Å². The van der Waals surface area contributed by atoms with E-state index in [0.717, 1.165) is 19.3 Å². The van der Waals surface area contributed by atoms with Crippen molar-refractivity contribution in [3.8, 4) is 11.5 Å². The van der Waals surface area contributed by atoms with E-state index in [1.165, 1.54) is 27.4 Å². The Kier molecular flexibility index (Phi) is 7.22. The maximum Gasteiger partial charge on any atom is 0.340 e. The van der Waals surface area contributed by atoms with E-state index in [0.29, 0.717) is 23.6 Å². The van der Waals surface area contributed by atoms with Crippen LogP contribution in [0.25, 0.3) is 0 Å². The number of esters is 1. The van der Waals surface area contributed by atoms with Gasteiger partial charge in [-0.3, -0.25) is 4.79 Å². The second-order valence-electron chi connectivity index (χ2n) is 4.75. The maximum absolute atomic E-state index is 12.0. The Labute approximate surface area is 130 Å². The normalized spacial score (nSPS) is 10.0. The van der Waals surface area contributed by atoms with Crippen LogP contribution in [0.15, 0.2) is 12.1 Å². The van der Waals surface area contributed by atoms with Crippen LogP contribution in [0.4, 0.5) is 5.69 Å². The molecule has 0 aromatic heterocycles. The van der Waals surface area contributed by atoms with E-state index in [9.17, 15) is 9.59 Å². The fourth-order valence-corrected chi connectivity index (χ4v) is 2.01. The number of carbonyl (C=O) groups is 2. The van der Waals surface area contributed by atoms with Crippen molar-refractivity contribution in [2.75, 3.05) is 26.6 Å². The zero-order valence-electron chi connectivity index (χ0n) is 13.5. The number of hydrogen-bond donors (Lipinski definition) is 1. The van der Waals surface area contributed by atoms with Gasteiger partial charge in [-0.1, -0.05) is 19.8 Å². The molecule has 1 rings (SSSR count). The summed E-state index contributed by atoms with van der Waals surface area (Å²) in [7, 11) is 4.25. The Hall–Kier alpha value is -2.24. The van der Waals surface area contributed by atoms with E-state index >= 15 is 0 Å². The first-order valence-corrected chi connectivity index (χ1v) is 7.21. The molecular weight excluding hydrogens is 286 g/mol. The molecule has 0 bridgehead atoms. The zero-order chi connectivity index (χ0) is 16.5. The number of methoxy groups -OCH3 is 3. The van der Waals surface area contributed by atoms with Crippen LogP contribution in [0.5, 0.6) is 11.5 Å². The molecule has 0 spiro atoms. The lowest BCUT2D eigenvalue weighted by Crippen LogP contribution is -2.15. The quantitative estimate of drug-likeness (QED) is 0.590. The van der Waals surface area contributed by atoms with E-state index in [1.807, 2.05) is 0 Å². The topological polar surface area (TPSA) is 73.9 Å². The summed E-state index contributed by atoms with van der Waals surface area (Å²) >= 11 is 0. The minimum atomic E-state index is -0.551. The molecular formula is C16H23NO5. The van der Waals surface area contributed by atoms with Gasteiger partial charge in [0.2, 0.25) is 5.91 Å². The van der Waals surface area contributed by atoms with Gasteiger partial charge in [0.05, 0.1) is 32.6 Å². The molecule has 0 aliphatic heterocycles. The van der Waals surface area contributed by atoms with Crippen LogP contribution in [0, 0.1) is 0 Å². The molecule has 1 amide bonds. The number of benzene rings is 1. The van der Waals surface area contributed by atoms with Gasteiger partial charge in [0.15, 0.2) is 11.5 Å². The second-order valence-corrected chi connectivity index (χ2v) is 4.75. The minimum Gasteiger partial charge on any atom is -0.493 e. The summed E-state index contributed by atoms with van der Waals surface area (Å²) in [6.07, 6.45) is 3.24. The highest BCUT2D eigenvalue weighted by Gasteiger charge is 2.18. The summed E-state index contributed by atoms with van der Waals surface area (Å²) in [5.74, 6) is 0.126. The predicted molar refractivity (Wildman–Crippen MR) is 83.7 cm³/mol. The second kappa shape index (κ2) is 8.92. The average Bonchev–Trinajstić information content (AvgIpc) is 2.53. The number of hydrogen-bond acceptors (Lipinski definition) is 5. The van der Waals surface area contributed by atoms with Crippen molar-refractivity contribution in [1.82, 2.24) is 0 Å². The average molecular weight is 309 g/mol. The smallest absolute Gasteiger partial charge is 0.340 e. The third kappa shape index (κ3) is 4.65. The third-order valence-corrected chi connectivity index (χ3v) is 3.21. The van der Waals surface area contributed by atoms with Crippen LogP contribution < -0.4 is 14.8 Å². The molecule has 0 aliphatic carbocycles. The molecule has 0 saturated carbocycles. The number of rotatable bonds is 8. The molecule has 0 fully saturated rings. The number of ether oxygens (including phenoxy) is 3. The highest BCUT2D eigenvalue weighted by Crippen LogP contribution is 2.33. The maximum atomic E-state index is 12.0.